The number of fused-ring (bicyclic) bond motifs is 3. The molecule has 0 saturated heterocycles. The molecular weight excluding hydrogens is 631 g/mol. The summed E-state index contributed by atoms with van der Waals surface area (Å²) in [5.74, 6) is 1.76. The summed E-state index contributed by atoms with van der Waals surface area (Å²) in [6.07, 6.45) is 24.4. The van der Waals surface area contributed by atoms with Crippen LogP contribution in [0.25, 0.3) is 11.1 Å². The van der Waals surface area contributed by atoms with Crippen molar-refractivity contribution in [3.05, 3.63) is 74.1 Å². The number of hydrogen-bond donors (Lipinski definition) is 0. The Morgan fingerprint density at radius 3 is 1.83 bits per heavy atom. The molecule has 0 heterocycles. The van der Waals surface area contributed by atoms with Gasteiger partial charge in [0.15, 0.2) is 0 Å². The minimum atomic E-state index is -2.39. The van der Waals surface area contributed by atoms with Gasteiger partial charge in [-0.15, -0.1) is 0 Å². The Labute approximate surface area is 277 Å². The normalized spacial score (nSPS) is 18.7. The largest absolute Gasteiger partial charge is 1.00 e. The minimum absolute atomic E-state index is 0. The molecule has 6 rings (SSSR count). The smallest absolute Gasteiger partial charge is 1.00 e. The summed E-state index contributed by atoms with van der Waals surface area (Å²) in [7, 11) is 0. The first-order valence-corrected chi connectivity index (χ1v) is 20.2. The number of benzene rings is 2. The molecule has 0 N–H and O–H groups in total. The molecule has 0 aliphatic heterocycles. The summed E-state index contributed by atoms with van der Waals surface area (Å²) >= 11 is -2.39. The third-order valence-corrected chi connectivity index (χ3v) is 19.0. The predicted octanol–water partition coefficient (Wildman–Crippen LogP) is 4.28. The Morgan fingerprint density at radius 2 is 1.31 bits per heavy atom. The zero-order chi connectivity index (χ0) is 28.1. The van der Waals surface area contributed by atoms with E-state index in [-0.39, 0.29) is 35.6 Å². The van der Waals surface area contributed by atoms with Crippen molar-refractivity contribution < 1.29 is 46.1 Å². The number of allylic oxidation sites excluding steroid dienone is 4. The Morgan fingerprint density at radius 1 is 0.714 bits per heavy atom. The molecule has 0 atom stereocenters. The third-order valence-electron chi connectivity index (χ3n) is 10.5. The molecule has 2 fully saturated rings. The summed E-state index contributed by atoms with van der Waals surface area (Å²) in [6, 6.07) is 12.5. The molecule has 2 aromatic carbocycles. The predicted molar refractivity (Wildman–Crippen MR) is 172 cm³/mol. The molecule has 0 unspecified atom stereocenters. The fourth-order valence-electron chi connectivity index (χ4n) is 8.35. The average Bonchev–Trinajstić information content (AvgIpc) is 3.59. The SMILES string of the molecule is CC(C)(C)c1ccc2c(c1)Cc1c-2ccc(C(C)(C)C)[c]1[Zr+2]([C]1=CC=CC1)=[C](C1CCCCC1)C1CCCCC1.[Cl-].[Cl-]. The Bertz CT molecular complexity index is 1350. The van der Waals surface area contributed by atoms with Crippen LogP contribution in [0.3, 0.4) is 0 Å². The van der Waals surface area contributed by atoms with E-state index < -0.39 is 21.3 Å². The second kappa shape index (κ2) is 13.7. The van der Waals surface area contributed by atoms with Crippen LogP contribution in [0.5, 0.6) is 0 Å². The van der Waals surface area contributed by atoms with Crippen LogP contribution < -0.4 is 28.1 Å². The van der Waals surface area contributed by atoms with Crippen molar-refractivity contribution in [2.45, 2.75) is 129 Å². The monoisotopic (exact) mass is 680 g/mol. The first-order valence-electron chi connectivity index (χ1n) is 16.5. The van der Waals surface area contributed by atoms with E-state index in [0.717, 1.165) is 18.3 Å². The molecule has 2 saturated carbocycles. The molecule has 0 spiro atoms. The molecule has 0 radical (unpaired) electrons. The van der Waals surface area contributed by atoms with Crippen LogP contribution in [-0.4, -0.2) is 3.21 Å². The van der Waals surface area contributed by atoms with E-state index in [1.807, 2.05) is 6.55 Å². The van der Waals surface area contributed by atoms with Crippen molar-refractivity contribution in [2.24, 2.45) is 11.8 Å². The second-order valence-corrected chi connectivity index (χ2v) is 21.5. The molecule has 0 bridgehead atoms. The van der Waals surface area contributed by atoms with Gasteiger partial charge < -0.3 is 24.8 Å². The molecule has 0 amide bonds. The zero-order valence-electron chi connectivity index (χ0n) is 27.0. The van der Waals surface area contributed by atoms with Gasteiger partial charge in [-0.05, 0) is 0 Å². The van der Waals surface area contributed by atoms with Gasteiger partial charge in [0.25, 0.3) is 0 Å². The van der Waals surface area contributed by atoms with Crippen LogP contribution in [0.2, 0.25) is 0 Å². The Balaban J connectivity index is 0.00000202. The van der Waals surface area contributed by atoms with Gasteiger partial charge in [-0.25, -0.2) is 0 Å². The molecular formula is C39H52Cl2Zr. The van der Waals surface area contributed by atoms with Gasteiger partial charge in [0.2, 0.25) is 0 Å². The molecule has 3 heteroatoms. The molecule has 4 aliphatic carbocycles. The minimum Gasteiger partial charge on any atom is -1.00 e. The van der Waals surface area contributed by atoms with E-state index in [0.29, 0.717) is 0 Å². The average molecular weight is 683 g/mol. The molecule has 4 aliphatic rings. The maximum atomic E-state index is 2.60. The summed E-state index contributed by atoms with van der Waals surface area (Å²) in [6.45, 7) is 14.5. The Hall–Kier alpha value is -0.747. The summed E-state index contributed by atoms with van der Waals surface area (Å²) in [5, 5.41) is 0. The fourth-order valence-corrected chi connectivity index (χ4v) is 18.7. The Kier molecular flexibility index (Phi) is 11.1. The van der Waals surface area contributed by atoms with Crippen LogP contribution in [0, 0.1) is 11.8 Å². The molecule has 0 aromatic heterocycles. The molecule has 2 aromatic rings. The van der Waals surface area contributed by atoms with Crippen LogP contribution in [0.1, 0.15) is 134 Å². The standard InChI is InChI=1S/C21H25.C13H22.C5H5.2ClH.Zr/c1-20(2,3)16-7-9-18-14(12-16)11-15-13-17(21(4,5)6)8-10-19(15)18;1-3-7-12(8-4-1)11-13-9-5-2-6-10-13;1-2-4-5-3-1;;;/h7-10,12H,11H2,1-6H3;12-13H,1-10H2;1-3H,4H2;2*1H;/q;;;;;+2/p-2. The first kappa shape index (κ1) is 34.1. The second-order valence-electron chi connectivity index (χ2n) is 15.4. The van der Waals surface area contributed by atoms with Crippen molar-refractivity contribution >= 4 is 6.48 Å². The van der Waals surface area contributed by atoms with Crippen molar-refractivity contribution in [3.63, 3.8) is 0 Å². The topological polar surface area (TPSA) is 0 Å². The van der Waals surface area contributed by atoms with Gasteiger partial charge in [-0.1, -0.05) is 0 Å². The zero-order valence-corrected chi connectivity index (χ0v) is 31.0. The van der Waals surface area contributed by atoms with Crippen molar-refractivity contribution in [3.8, 4) is 11.1 Å². The van der Waals surface area contributed by atoms with Crippen LogP contribution in [0.4, 0.5) is 0 Å². The first-order chi connectivity index (χ1) is 19.1. The van der Waals surface area contributed by atoms with Crippen LogP contribution in [-0.2, 0) is 38.5 Å². The van der Waals surface area contributed by atoms with E-state index in [2.05, 4.69) is 93.3 Å². The van der Waals surface area contributed by atoms with Crippen molar-refractivity contribution in [2.75, 3.05) is 0 Å². The van der Waals surface area contributed by atoms with Gasteiger partial charge in [0.1, 0.15) is 0 Å². The van der Waals surface area contributed by atoms with E-state index >= 15 is 0 Å². The number of rotatable bonds is 4. The van der Waals surface area contributed by atoms with Gasteiger partial charge >= 0.3 is 254 Å². The van der Waals surface area contributed by atoms with Gasteiger partial charge in [-0.3, -0.25) is 0 Å². The summed E-state index contributed by atoms with van der Waals surface area (Å²) in [4.78, 5) is 0. The molecule has 42 heavy (non-hydrogen) atoms. The quantitative estimate of drug-likeness (QED) is 0.386. The molecule has 226 valence electrons. The number of hydrogen-bond acceptors (Lipinski definition) is 0. The third kappa shape index (κ3) is 6.75. The van der Waals surface area contributed by atoms with Gasteiger partial charge in [0, 0.05) is 0 Å². The van der Waals surface area contributed by atoms with Crippen molar-refractivity contribution in [1.29, 1.82) is 0 Å². The van der Waals surface area contributed by atoms with Crippen LogP contribution in [0.15, 0.2) is 51.8 Å². The van der Waals surface area contributed by atoms with Gasteiger partial charge in [-0.2, -0.15) is 0 Å². The molecule has 0 nitrogen and oxygen atoms in total. The van der Waals surface area contributed by atoms with E-state index in [1.54, 1.807) is 22.3 Å². The number of halogens is 2. The van der Waals surface area contributed by atoms with E-state index in [9.17, 15) is 0 Å². The van der Waals surface area contributed by atoms with Crippen LogP contribution >= 0.6 is 0 Å². The summed E-state index contributed by atoms with van der Waals surface area (Å²) in [5.41, 5.74) is 9.91. The maximum absolute atomic E-state index is 2.60. The van der Waals surface area contributed by atoms with Gasteiger partial charge in [0.05, 0.1) is 0 Å². The van der Waals surface area contributed by atoms with Crippen molar-refractivity contribution in [1.82, 2.24) is 0 Å². The van der Waals surface area contributed by atoms with E-state index in [4.69, 9.17) is 0 Å². The van der Waals surface area contributed by atoms with E-state index in [1.165, 1.54) is 81.8 Å². The fraction of sp³-hybridized carbons (Fsp3) is 0.564. The summed E-state index contributed by atoms with van der Waals surface area (Å²) < 4.78 is 5.93. The maximum Gasteiger partial charge on any atom is -1.00 e.